The van der Waals surface area contributed by atoms with Crippen LogP contribution in [0.15, 0.2) is 12.2 Å². The molecule has 0 aromatic heterocycles. The average Bonchev–Trinajstić information content (AvgIpc) is 3.29. The maximum Gasteiger partial charge on any atom is 0.416 e. The summed E-state index contributed by atoms with van der Waals surface area (Å²) in [4.78, 5) is 25.4. The number of imide groups is 1. The molecule has 10 heteroatoms. The molecule has 0 aromatic rings. The fraction of sp³-hybridized carbons (Fsp3) is 0.750. The summed E-state index contributed by atoms with van der Waals surface area (Å²) in [5, 5.41) is 0. The van der Waals surface area contributed by atoms with Crippen LogP contribution >= 0.6 is 7.60 Å². The minimum atomic E-state index is -4.78. The second-order valence-corrected chi connectivity index (χ2v) is 8.63. The van der Waals surface area contributed by atoms with Crippen LogP contribution in [0.5, 0.6) is 0 Å². The highest BCUT2D eigenvalue weighted by atomic mass is 31.2. The van der Waals surface area contributed by atoms with Gasteiger partial charge in [-0.1, -0.05) is 12.2 Å². The Kier molecular flexibility index (Phi) is 5.25. The van der Waals surface area contributed by atoms with Crippen molar-refractivity contribution in [3.63, 3.8) is 0 Å². The van der Waals surface area contributed by atoms with E-state index in [0.29, 0.717) is 6.42 Å². The summed E-state index contributed by atoms with van der Waals surface area (Å²) in [5.41, 5.74) is -3.85. The van der Waals surface area contributed by atoms with Crippen molar-refractivity contribution < 1.29 is 36.7 Å². The fourth-order valence-corrected chi connectivity index (χ4v) is 5.95. The van der Waals surface area contributed by atoms with E-state index in [0.717, 1.165) is 4.90 Å². The van der Waals surface area contributed by atoms with E-state index < -0.39 is 48.9 Å². The van der Waals surface area contributed by atoms with E-state index in [1.54, 1.807) is 12.2 Å². The fourth-order valence-electron chi connectivity index (χ4n) is 4.14. The monoisotopic (exact) mass is 393 g/mol. The molecule has 2 fully saturated rings. The van der Waals surface area contributed by atoms with Crippen molar-refractivity contribution in [1.29, 1.82) is 0 Å². The lowest BCUT2D eigenvalue weighted by atomic mass is 9.82. The molecule has 0 aromatic carbocycles. The summed E-state index contributed by atoms with van der Waals surface area (Å²) in [6, 6.07) is 0. The standard InChI is InChI=1S/C16H22F2NO6P/c1-3-24-26(22,25-4-2)16(17,18)13-11-6-5-10(9-11)12(13)14(20)19-7-8-23-15(19)21/h5-6,10-13H,3-4,7-9H2,1-2H3/t10-,11+,12+,13+/m1/s1. The number of alkyl halides is 2. The van der Waals surface area contributed by atoms with Gasteiger partial charge in [0.15, 0.2) is 0 Å². The van der Waals surface area contributed by atoms with Crippen molar-refractivity contribution in [2.45, 2.75) is 25.9 Å². The normalized spacial score (nSPS) is 30.9. The zero-order chi connectivity index (χ0) is 19.1. The molecule has 1 heterocycles. The molecule has 1 aliphatic heterocycles. The highest BCUT2D eigenvalue weighted by Crippen LogP contribution is 2.70. The first kappa shape index (κ1) is 19.5. The number of nitrogens with zero attached hydrogens (tertiary/aromatic N) is 1. The summed E-state index contributed by atoms with van der Waals surface area (Å²) < 4.78 is 58.0. The number of allylic oxidation sites excluding steroid dienone is 2. The molecule has 0 spiro atoms. The minimum Gasteiger partial charge on any atom is -0.447 e. The highest BCUT2D eigenvalue weighted by molar-refractivity contribution is 7.55. The predicted octanol–water partition coefficient (Wildman–Crippen LogP) is 3.26. The van der Waals surface area contributed by atoms with Crippen LogP contribution in [0.3, 0.4) is 0 Å². The van der Waals surface area contributed by atoms with Gasteiger partial charge >= 0.3 is 19.4 Å². The number of carbonyl (C=O) groups is 2. The van der Waals surface area contributed by atoms with Crippen molar-refractivity contribution in [2.24, 2.45) is 23.7 Å². The van der Waals surface area contributed by atoms with Gasteiger partial charge in [0.25, 0.3) is 0 Å². The minimum absolute atomic E-state index is 0.0299. The van der Waals surface area contributed by atoms with Crippen LogP contribution in [-0.4, -0.2) is 48.9 Å². The molecule has 0 unspecified atom stereocenters. The first-order valence-corrected chi connectivity index (χ1v) is 10.2. The van der Waals surface area contributed by atoms with Gasteiger partial charge in [-0.15, -0.1) is 0 Å². The van der Waals surface area contributed by atoms with Gasteiger partial charge in [0.2, 0.25) is 5.91 Å². The predicted molar refractivity (Wildman–Crippen MR) is 86.6 cm³/mol. The van der Waals surface area contributed by atoms with Crippen LogP contribution in [0, 0.1) is 23.7 Å². The lowest BCUT2D eigenvalue weighted by molar-refractivity contribution is -0.139. The van der Waals surface area contributed by atoms with E-state index in [9.17, 15) is 14.2 Å². The van der Waals surface area contributed by atoms with Crippen molar-refractivity contribution in [1.82, 2.24) is 4.90 Å². The van der Waals surface area contributed by atoms with Crippen LogP contribution in [-0.2, 0) is 23.1 Å². The van der Waals surface area contributed by atoms with Gasteiger partial charge in [0, 0.05) is 0 Å². The third-order valence-electron chi connectivity index (χ3n) is 5.14. The van der Waals surface area contributed by atoms with Crippen LogP contribution in [0.1, 0.15) is 20.3 Å². The smallest absolute Gasteiger partial charge is 0.416 e. The van der Waals surface area contributed by atoms with Crippen molar-refractivity contribution in [2.75, 3.05) is 26.4 Å². The largest absolute Gasteiger partial charge is 0.447 e. The average molecular weight is 393 g/mol. The Hall–Kier alpha value is -1.31. The molecule has 2 amide bonds. The van der Waals surface area contributed by atoms with Crippen LogP contribution in [0.4, 0.5) is 13.6 Å². The maximum absolute atomic E-state index is 15.4. The number of hydrogen-bond acceptors (Lipinski definition) is 6. The molecule has 4 atom stereocenters. The Morgan fingerprint density at radius 3 is 2.46 bits per heavy atom. The Labute approximate surface area is 150 Å². The van der Waals surface area contributed by atoms with Crippen LogP contribution < -0.4 is 0 Å². The number of carbonyl (C=O) groups excluding carboxylic acids is 2. The van der Waals surface area contributed by atoms with E-state index in [1.165, 1.54) is 13.8 Å². The van der Waals surface area contributed by atoms with Crippen molar-refractivity contribution in [3.8, 4) is 0 Å². The Morgan fingerprint density at radius 2 is 1.92 bits per heavy atom. The molecule has 26 heavy (non-hydrogen) atoms. The van der Waals surface area contributed by atoms with Gasteiger partial charge < -0.3 is 13.8 Å². The second-order valence-electron chi connectivity index (χ2n) is 6.52. The van der Waals surface area contributed by atoms with Crippen LogP contribution in [0.25, 0.3) is 0 Å². The number of halogens is 2. The number of hydrogen-bond donors (Lipinski definition) is 0. The molecule has 1 saturated heterocycles. The lowest BCUT2D eigenvalue weighted by Crippen LogP contribution is -2.46. The van der Waals surface area contributed by atoms with E-state index in [4.69, 9.17) is 13.8 Å². The molecule has 2 aliphatic carbocycles. The summed E-state index contributed by atoms with van der Waals surface area (Å²) in [6.07, 6.45) is 2.85. The second kappa shape index (κ2) is 7.02. The third-order valence-corrected chi connectivity index (χ3v) is 7.36. The molecule has 2 bridgehead atoms. The summed E-state index contributed by atoms with van der Waals surface area (Å²) >= 11 is 0. The van der Waals surface area contributed by atoms with Crippen molar-refractivity contribution in [3.05, 3.63) is 12.2 Å². The SMILES string of the molecule is CCOP(=O)(OCC)C(F)(F)[C@@H]1[C@@H](C(=O)N2CCOC2=O)[C@@H]2C=C[C@H]1C2. The lowest BCUT2D eigenvalue weighted by Gasteiger charge is -2.37. The van der Waals surface area contributed by atoms with Crippen molar-refractivity contribution >= 4 is 19.6 Å². The summed E-state index contributed by atoms with van der Waals surface area (Å²) in [7, 11) is -4.78. The van der Waals surface area contributed by atoms with E-state index in [2.05, 4.69) is 0 Å². The number of ether oxygens (including phenoxy) is 1. The van der Waals surface area contributed by atoms with E-state index in [1.807, 2.05) is 0 Å². The maximum atomic E-state index is 15.4. The Morgan fingerprint density at radius 1 is 1.31 bits per heavy atom. The zero-order valence-electron chi connectivity index (χ0n) is 14.6. The van der Waals surface area contributed by atoms with Gasteiger partial charge in [-0.2, -0.15) is 8.78 Å². The highest BCUT2D eigenvalue weighted by Gasteiger charge is 2.68. The quantitative estimate of drug-likeness (QED) is 0.488. The first-order valence-electron chi connectivity index (χ1n) is 8.70. The third kappa shape index (κ3) is 2.90. The summed E-state index contributed by atoms with van der Waals surface area (Å²) in [5.74, 6) is -4.50. The molecule has 0 N–H and O–H groups in total. The summed E-state index contributed by atoms with van der Waals surface area (Å²) in [6.45, 7) is 2.55. The van der Waals surface area contributed by atoms with Gasteiger partial charge in [-0.3, -0.25) is 9.36 Å². The first-order chi connectivity index (χ1) is 12.3. The number of amides is 2. The molecule has 3 rings (SSSR count). The van der Waals surface area contributed by atoms with Gasteiger partial charge in [-0.05, 0) is 32.1 Å². The molecule has 0 radical (unpaired) electrons. The molecule has 7 nitrogen and oxygen atoms in total. The van der Waals surface area contributed by atoms with E-state index in [-0.39, 0.29) is 26.4 Å². The van der Waals surface area contributed by atoms with Gasteiger partial charge in [0.1, 0.15) is 6.61 Å². The molecular formula is C16H22F2NO6P. The molecule has 3 aliphatic rings. The van der Waals surface area contributed by atoms with E-state index >= 15 is 8.78 Å². The number of rotatable bonds is 7. The van der Waals surface area contributed by atoms with Gasteiger partial charge in [0.05, 0.1) is 31.6 Å². The van der Waals surface area contributed by atoms with Crippen LogP contribution in [0.2, 0.25) is 0 Å². The number of fused-ring (bicyclic) bond motifs is 2. The molecule has 1 saturated carbocycles. The number of cyclic esters (lactones) is 1. The molecule has 146 valence electrons. The van der Waals surface area contributed by atoms with Gasteiger partial charge in [-0.25, -0.2) is 9.69 Å². The zero-order valence-corrected chi connectivity index (χ0v) is 15.5. The topological polar surface area (TPSA) is 82.1 Å². The Balaban J connectivity index is 1.95. The Bertz CT molecular complexity index is 659. The molecular weight excluding hydrogens is 371 g/mol.